The summed E-state index contributed by atoms with van der Waals surface area (Å²) in [5.41, 5.74) is 2.44. The van der Waals surface area contributed by atoms with Crippen LogP contribution < -0.4 is 5.32 Å². The van der Waals surface area contributed by atoms with Gasteiger partial charge in [0.05, 0.1) is 0 Å². The highest BCUT2D eigenvalue weighted by atomic mass is 19.1. The van der Waals surface area contributed by atoms with Crippen molar-refractivity contribution in [2.24, 2.45) is 5.92 Å². The second-order valence-corrected chi connectivity index (χ2v) is 8.99. The number of aromatic amines is 1. The highest BCUT2D eigenvalue weighted by Gasteiger charge is 2.47. The van der Waals surface area contributed by atoms with Gasteiger partial charge in [0.1, 0.15) is 11.9 Å². The monoisotopic (exact) mass is 433 g/mol. The standard InChI is InChI=1S/C26H28FN3O2/c27-20-10-11-21-19(16-29-22(21)15-20)12-13-28-25(31)24-14-18-8-4-5-9-23(18)30(24)26(32)17-6-2-1-3-7-17/h1-3,6-7,10-11,15-16,18,23-24,29H,4-5,8-9,12-14H2,(H,28,31). The van der Waals surface area contributed by atoms with E-state index in [4.69, 9.17) is 0 Å². The third-order valence-electron chi connectivity index (χ3n) is 7.07. The number of hydrogen-bond acceptors (Lipinski definition) is 2. The Hall–Kier alpha value is -3.15. The van der Waals surface area contributed by atoms with E-state index in [-0.39, 0.29) is 23.7 Å². The van der Waals surface area contributed by atoms with Crippen LogP contribution in [0.4, 0.5) is 4.39 Å². The molecule has 1 saturated carbocycles. The first-order valence-electron chi connectivity index (χ1n) is 11.5. The number of nitrogens with zero attached hydrogens (tertiary/aromatic N) is 1. The molecule has 32 heavy (non-hydrogen) atoms. The molecule has 166 valence electrons. The van der Waals surface area contributed by atoms with Crippen LogP contribution in [0.25, 0.3) is 10.9 Å². The van der Waals surface area contributed by atoms with E-state index in [1.54, 1.807) is 6.07 Å². The van der Waals surface area contributed by atoms with E-state index in [9.17, 15) is 14.0 Å². The molecule has 2 aromatic carbocycles. The average molecular weight is 434 g/mol. The number of rotatable bonds is 5. The first-order chi connectivity index (χ1) is 15.6. The second kappa shape index (κ2) is 8.77. The van der Waals surface area contributed by atoms with Crippen molar-refractivity contribution < 1.29 is 14.0 Å². The fourth-order valence-electron chi connectivity index (χ4n) is 5.52. The predicted octanol–water partition coefficient (Wildman–Crippen LogP) is 4.44. The summed E-state index contributed by atoms with van der Waals surface area (Å²) in [7, 11) is 0. The maximum absolute atomic E-state index is 13.4. The van der Waals surface area contributed by atoms with E-state index >= 15 is 0 Å². The van der Waals surface area contributed by atoms with Crippen molar-refractivity contribution in [2.45, 2.75) is 50.6 Å². The van der Waals surface area contributed by atoms with E-state index in [2.05, 4.69) is 10.3 Å². The van der Waals surface area contributed by atoms with Crippen LogP contribution in [0, 0.1) is 11.7 Å². The molecule has 3 atom stereocenters. The molecule has 2 heterocycles. The quantitative estimate of drug-likeness (QED) is 0.625. The Morgan fingerprint density at radius 2 is 1.91 bits per heavy atom. The van der Waals surface area contributed by atoms with Crippen LogP contribution >= 0.6 is 0 Å². The maximum Gasteiger partial charge on any atom is 0.254 e. The number of carbonyl (C=O) groups excluding carboxylic acids is 2. The molecule has 1 aliphatic heterocycles. The van der Waals surface area contributed by atoms with Crippen LogP contribution in [-0.2, 0) is 11.2 Å². The highest BCUT2D eigenvalue weighted by Crippen LogP contribution is 2.40. The minimum absolute atomic E-state index is 0.0428. The Balaban J connectivity index is 1.29. The van der Waals surface area contributed by atoms with Crippen LogP contribution in [0.2, 0.25) is 0 Å². The molecular weight excluding hydrogens is 405 g/mol. The molecule has 3 unspecified atom stereocenters. The third-order valence-corrected chi connectivity index (χ3v) is 7.07. The van der Waals surface area contributed by atoms with Crippen LogP contribution in [0.1, 0.15) is 48.0 Å². The minimum atomic E-state index is -0.423. The van der Waals surface area contributed by atoms with E-state index in [0.29, 0.717) is 24.4 Å². The Morgan fingerprint density at radius 1 is 1.09 bits per heavy atom. The summed E-state index contributed by atoms with van der Waals surface area (Å²) in [6.07, 6.45) is 7.58. The molecule has 2 N–H and O–H groups in total. The maximum atomic E-state index is 13.4. The highest BCUT2D eigenvalue weighted by molar-refractivity contribution is 5.98. The SMILES string of the molecule is O=C(NCCc1c[nH]c2cc(F)ccc12)C1CC2CCCCC2N1C(=O)c1ccccc1. The molecule has 1 saturated heterocycles. The number of halogens is 1. The average Bonchev–Trinajstić information content (AvgIpc) is 3.40. The van der Waals surface area contributed by atoms with Gasteiger partial charge in [0.2, 0.25) is 5.91 Å². The van der Waals surface area contributed by atoms with Crippen molar-refractivity contribution in [1.82, 2.24) is 15.2 Å². The van der Waals surface area contributed by atoms with Gasteiger partial charge >= 0.3 is 0 Å². The lowest BCUT2D eigenvalue weighted by Crippen LogP contribution is -2.49. The van der Waals surface area contributed by atoms with Gasteiger partial charge in [-0.3, -0.25) is 9.59 Å². The molecular formula is C26H28FN3O2. The lowest BCUT2D eigenvalue weighted by Gasteiger charge is -2.33. The van der Waals surface area contributed by atoms with Crippen LogP contribution in [0.3, 0.4) is 0 Å². The van der Waals surface area contributed by atoms with Gasteiger partial charge in [-0.25, -0.2) is 4.39 Å². The molecule has 3 aromatic rings. The van der Waals surface area contributed by atoms with Gasteiger partial charge in [-0.2, -0.15) is 0 Å². The van der Waals surface area contributed by atoms with Gasteiger partial charge < -0.3 is 15.2 Å². The molecule has 2 aliphatic rings. The molecule has 0 bridgehead atoms. The summed E-state index contributed by atoms with van der Waals surface area (Å²) < 4.78 is 13.4. The van der Waals surface area contributed by atoms with Crippen molar-refractivity contribution in [3.05, 3.63) is 71.7 Å². The van der Waals surface area contributed by atoms with Crippen molar-refractivity contribution in [3.63, 3.8) is 0 Å². The first kappa shape index (κ1) is 20.7. The number of likely N-dealkylation sites (tertiary alicyclic amines) is 1. The van der Waals surface area contributed by atoms with Crippen LogP contribution in [0.15, 0.2) is 54.7 Å². The van der Waals surface area contributed by atoms with E-state index < -0.39 is 6.04 Å². The molecule has 0 spiro atoms. The third kappa shape index (κ3) is 3.90. The van der Waals surface area contributed by atoms with Gasteiger partial charge in [-0.05, 0) is 67.5 Å². The zero-order valence-electron chi connectivity index (χ0n) is 18.0. The zero-order valence-corrected chi connectivity index (χ0v) is 18.0. The molecule has 2 amide bonds. The molecule has 2 fully saturated rings. The predicted molar refractivity (Wildman–Crippen MR) is 122 cm³/mol. The smallest absolute Gasteiger partial charge is 0.254 e. The fourth-order valence-corrected chi connectivity index (χ4v) is 5.52. The normalized spacial score (nSPS) is 22.7. The van der Waals surface area contributed by atoms with Crippen LogP contribution in [-0.4, -0.2) is 40.3 Å². The number of carbonyl (C=O) groups is 2. The molecule has 5 nitrogen and oxygen atoms in total. The number of H-pyrrole nitrogens is 1. The number of amides is 2. The topological polar surface area (TPSA) is 65.2 Å². The second-order valence-electron chi connectivity index (χ2n) is 8.99. The summed E-state index contributed by atoms with van der Waals surface area (Å²) in [6, 6.07) is 13.7. The van der Waals surface area contributed by atoms with Gasteiger partial charge in [-0.1, -0.05) is 31.0 Å². The minimum Gasteiger partial charge on any atom is -0.361 e. The molecule has 1 aromatic heterocycles. The molecule has 1 aliphatic carbocycles. The Labute approximate surface area is 187 Å². The van der Waals surface area contributed by atoms with Crippen molar-refractivity contribution in [1.29, 1.82) is 0 Å². The van der Waals surface area contributed by atoms with E-state index in [1.165, 1.54) is 18.6 Å². The van der Waals surface area contributed by atoms with Gasteiger partial charge in [-0.15, -0.1) is 0 Å². The van der Waals surface area contributed by atoms with Crippen LogP contribution in [0.5, 0.6) is 0 Å². The summed E-state index contributed by atoms with van der Waals surface area (Å²) >= 11 is 0. The van der Waals surface area contributed by atoms with Crippen molar-refractivity contribution >= 4 is 22.7 Å². The summed E-state index contributed by atoms with van der Waals surface area (Å²) in [5.74, 6) is 0.00845. The van der Waals surface area contributed by atoms with Gasteiger partial charge in [0.15, 0.2) is 0 Å². The number of aromatic nitrogens is 1. The fraction of sp³-hybridized carbons (Fsp3) is 0.385. The van der Waals surface area contributed by atoms with E-state index in [1.807, 2.05) is 41.4 Å². The molecule has 0 radical (unpaired) electrons. The lowest BCUT2D eigenvalue weighted by molar-refractivity contribution is -0.125. The van der Waals surface area contributed by atoms with E-state index in [0.717, 1.165) is 42.1 Å². The number of fused-ring (bicyclic) bond motifs is 2. The Kier molecular flexibility index (Phi) is 5.68. The molecule has 6 heteroatoms. The molecule has 5 rings (SSSR count). The summed E-state index contributed by atoms with van der Waals surface area (Å²) in [6.45, 7) is 0.475. The Bertz CT molecular complexity index is 1130. The van der Waals surface area contributed by atoms with Gasteiger partial charge in [0, 0.05) is 35.2 Å². The summed E-state index contributed by atoms with van der Waals surface area (Å²) in [4.78, 5) is 31.5. The number of nitrogens with one attached hydrogen (secondary N) is 2. The first-order valence-corrected chi connectivity index (χ1v) is 11.5. The lowest BCUT2D eigenvalue weighted by atomic mass is 9.84. The summed E-state index contributed by atoms with van der Waals surface area (Å²) in [5, 5.41) is 4.03. The largest absolute Gasteiger partial charge is 0.361 e. The zero-order chi connectivity index (χ0) is 22.1. The number of benzene rings is 2. The number of hydrogen-bond donors (Lipinski definition) is 2. The van der Waals surface area contributed by atoms with Crippen molar-refractivity contribution in [2.75, 3.05) is 6.54 Å². The Morgan fingerprint density at radius 3 is 2.75 bits per heavy atom. The van der Waals surface area contributed by atoms with Crippen molar-refractivity contribution in [3.8, 4) is 0 Å². The van der Waals surface area contributed by atoms with Gasteiger partial charge in [0.25, 0.3) is 5.91 Å².